The second-order valence-electron chi connectivity index (χ2n) is 6.90. The molecule has 1 aliphatic heterocycles. The number of hydrogen-bond acceptors (Lipinski definition) is 4. The predicted molar refractivity (Wildman–Crippen MR) is 94.6 cm³/mol. The van der Waals surface area contributed by atoms with Crippen LogP contribution in [0.4, 0.5) is 0 Å². The van der Waals surface area contributed by atoms with Crippen molar-refractivity contribution >= 4 is 9.84 Å². The summed E-state index contributed by atoms with van der Waals surface area (Å²) in [6.07, 6.45) is 6.64. The van der Waals surface area contributed by atoms with Crippen molar-refractivity contribution in [2.24, 2.45) is 5.92 Å². The molecule has 1 aliphatic rings. The summed E-state index contributed by atoms with van der Waals surface area (Å²) in [4.78, 5) is 2.85. The van der Waals surface area contributed by atoms with Gasteiger partial charge in [0, 0.05) is 25.0 Å². The van der Waals surface area contributed by atoms with E-state index in [1.54, 1.807) is 12.1 Å². The molecule has 5 nitrogen and oxygen atoms in total. The van der Waals surface area contributed by atoms with Crippen LogP contribution in [0.5, 0.6) is 0 Å². The Morgan fingerprint density at radius 1 is 1.29 bits per heavy atom. The minimum Gasteiger partial charge on any atom is -0.299 e. The van der Waals surface area contributed by atoms with Crippen LogP contribution in [0.15, 0.2) is 35.4 Å². The smallest absolute Gasteiger partial charge is 0.175 e. The van der Waals surface area contributed by atoms with Gasteiger partial charge in [0.2, 0.25) is 0 Å². The first-order chi connectivity index (χ1) is 11.4. The number of hydrogen-bond donors (Lipinski definition) is 1. The maximum Gasteiger partial charge on any atom is 0.175 e. The molecule has 2 heterocycles. The number of aryl methyl sites for hydroxylation is 1. The molecule has 130 valence electrons. The van der Waals surface area contributed by atoms with Crippen molar-refractivity contribution in [1.82, 2.24) is 15.1 Å². The molecular weight excluding hydrogens is 322 g/mol. The highest BCUT2D eigenvalue weighted by molar-refractivity contribution is 7.90. The minimum absolute atomic E-state index is 0.387. The van der Waals surface area contributed by atoms with Gasteiger partial charge < -0.3 is 0 Å². The van der Waals surface area contributed by atoms with Crippen molar-refractivity contribution in [3.63, 3.8) is 0 Å². The highest BCUT2D eigenvalue weighted by Gasteiger charge is 2.21. The van der Waals surface area contributed by atoms with Crippen molar-refractivity contribution in [2.75, 3.05) is 19.3 Å². The molecule has 3 rings (SSSR count). The van der Waals surface area contributed by atoms with Gasteiger partial charge in [-0.15, -0.1) is 0 Å². The molecule has 0 aliphatic carbocycles. The molecule has 0 amide bonds. The maximum atomic E-state index is 11.5. The summed E-state index contributed by atoms with van der Waals surface area (Å²) in [5, 5.41) is 7.23. The average molecular weight is 347 g/mol. The fourth-order valence-corrected chi connectivity index (χ4v) is 4.06. The van der Waals surface area contributed by atoms with Gasteiger partial charge in [-0.2, -0.15) is 5.10 Å². The van der Waals surface area contributed by atoms with Crippen LogP contribution in [0.1, 0.15) is 29.7 Å². The SMILES string of the molecule is Cc1cn[nH]c1CC1CCCN(Cc2ccc(S(C)(=O)=O)cc2)C1. The fourth-order valence-electron chi connectivity index (χ4n) is 3.43. The first-order valence-electron chi connectivity index (χ1n) is 8.42. The highest BCUT2D eigenvalue weighted by Crippen LogP contribution is 2.23. The first-order valence-corrected chi connectivity index (χ1v) is 10.3. The number of aromatic amines is 1. The molecule has 1 aromatic carbocycles. The normalized spacial score (nSPS) is 19.5. The van der Waals surface area contributed by atoms with Crippen molar-refractivity contribution in [3.8, 4) is 0 Å². The van der Waals surface area contributed by atoms with E-state index in [-0.39, 0.29) is 0 Å². The second-order valence-corrected chi connectivity index (χ2v) is 8.91. The Morgan fingerprint density at radius 3 is 2.67 bits per heavy atom. The Balaban J connectivity index is 1.60. The minimum atomic E-state index is -3.12. The van der Waals surface area contributed by atoms with Crippen LogP contribution in [0.25, 0.3) is 0 Å². The second kappa shape index (κ2) is 7.07. The van der Waals surface area contributed by atoms with Crippen molar-refractivity contribution in [3.05, 3.63) is 47.3 Å². The van der Waals surface area contributed by atoms with E-state index in [0.717, 1.165) is 26.1 Å². The number of likely N-dealkylation sites (tertiary alicyclic amines) is 1. The first kappa shape index (κ1) is 17.2. The van der Waals surface area contributed by atoms with Crippen molar-refractivity contribution in [1.29, 1.82) is 0 Å². The standard InChI is InChI=1S/C18H25N3O2S/c1-14-11-19-20-18(14)10-16-4-3-9-21(13-16)12-15-5-7-17(8-6-15)24(2,22)23/h5-8,11,16H,3-4,9-10,12-13H2,1-2H3,(H,19,20). The number of nitrogens with one attached hydrogen (secondary N) is 1. The molecule has 6 heteroatoms. The Bertz CT molecular complexity index is 781. The van der Waals surface area contributed by atoms with E-state index in [0.29, 0.717) is 10.8 Å². The van der Waals surface area contributed by atoms with E-state index < -0.39 is 9.84 Å². The summed E-state index contributed by atoms with van der Waals surface area (Å²) in [6.45, 7) is 5.16. The Morgan fingerprint density at radius 2 is 2.04 bits per heavy atom. The van der Waals surface area contributed by atoms with Gasteiger partial charge in [0.15, 0.2) is 9.84 Å². The van der Waals surface area contributed by atoms with E-state index in [9.17, 15) is 8.42 Å². The Labute approximate surface area is 144 Å². The van der Waals surface area contributed by atoms with Crippen LogP contribution in [-0.4, -0.2) is 42.9 Å². The Hall–Kier alpha value is -1.66. The third-order valence-corrected chi connectivity index (χ3v) is 5.92. The maximum absolute atomic E-state index is 11.5. The average Bonchev–Trinajstić information content (AvgIpc) is 2.92. The van der Waals surface area contributed by atoms with Crippen LogP contribution in [0.2, 0.25) is 0 Å². The molecule has 1 unspecified atom stereocenters. The topological polar surface area (TPSA) is 66.1 Å². The van der Waals surface area contributed by atoms with Gasteiger partial charge in [-0.1, -0.05) is 12.1 Å². The quantitative estimate of drug-likeness (QED) is 0.903. The van der Waals surface area contributed by atoms with Gasteiger partial charge in [0.05, 0.1) is 11.1 Å². The summed E-state index contributed by atoms with van der Waals surface area (Å²) in [5.74, 6) is 0.646. The summed E-state index contributed by atoms with van der Waals surface area (Å²) >= 11 is 0. The molecule has 2 aromatic rings. The number of nitrogens with zero attached hydrogens (tertiary/aromatic N) is 2. The number of rotatable bonds is 5. The van der Waals surface area contributed by atoms with Crippen LogP contribution in [-0.2, 0) is 22.8 Å². The van der Waals surface area contributed by atoms with E-state index in [2.05, 4.69) is 22.0 Å². The molecule has 1 aromatic heterocycles. The lowest BCUT2D eigenvalue weighted by atomic mass is 9.92. The molecule has 0 radical (unpaired) electrons. The van der Waals surface area contributed by atoms with Gasteiger partial charge in [-0.25, -0.2) is 8.42 Å². The molecule has 1 N–H and O–H groups in total. The Kier molecular flexibility index (Phi) is 5.06. The highest BCUT2D eigenvalue weighted by atomic mass is 32.2. The zero-order valence-electron chi connectivity index (χ0n) is 14.3. The van der Waals surface area contributed by atoms with Gasteiger partial charge in [0.25, 0.3) is 0 Å². The van der Waals surface area contributed by atoms with E-state index in [1.165, 1.54) is 35.9 Å². The molecular formula is C18H25N3O2S. The zero-order valence-corrected chi connectivity index (χ0v) is 15.1. The van der Waals surface area contributed by atoms with E-state index in [4.69, 9.17) is 0 Å². The van der Waals surface area contributed by atoms with Gasteiger partial charge >= 0.3 is 0 Å². The molecule has 1 atom stereocenters. The third-order valence-electron chi connectivity index (χ3n) is 4.79. The molecule has 0 saturated carbocycles. The number of aromatic nitrogens is 2. The number of piperidine rings is 1. The number of H-pyrrole nitrogens is 1. The summed E-state index contributed by atoms with van der Waals surface area (Å²) in [6, 6.07) is 7.28. The lowest BCUT2D eigenvalue weighted by Crippen LogP contribution is -2.35. The van der Waals surface area contributed by atoms with Crippen molar-refractivity contribution < 1.29 is 8.42 Å². The molecule has 0 spiro atoms. The number of benzene rings is 1. The molecule has 1 saturated heterocycles. The summed E-state index contributed by atoms with van der Waals surface area (Å²) in [7, 11) is -3.12. The molecule has 1 fully saturated rings. The monoisotopic (exact) mass is 347 g/mol. The largest absolute Gasteiger partial charge is 0.299 e. The zero-order chi connectivity index (χ0) is 17.2. The van der Waals surface area contributed by atoms with Crippen LogP contribution < -0.4 is 0 Å². The summed E-state index contributed by atoms with van der Waals surface area (Å²) < 4.78 is 23.1. The van der Waals surface area contributed by atoms with E-state index >= 15 is 0 Å². The van der Waals surface area contributed by atoms with Crippen LogP contribution in [0, 0.1) is 12.8 Å². The number of sulfone groups is 1. The van der Waals surface area contributed by atoms with Gasteiger partial charge in [-0.3, -0.25) is 10.00 Å². The van der Waals surface area contributed by atoms with Crippen molar-refractivity contribution in [2.45, 2.75) is 37.6 Å². The molecule has 24 heavy (non-hydrogen) atoms. The predicted octanol–water partition coefficient (Wildman–Crippen LogP) is 2.58. The molecule has 0 bridgehead atoms. The lowest BCUT2D eigenvalue weighted by Gasteiger charge is -2.32. The van der Waals surface area contributed by atoms with Gasteiger partial charge in [0.1, 0.15) is 0 Å². The lowest BCUT2D eigenvalue weighted by molar-refractivity contribution is 0.166. The van der Waals surface area contributed by atoms with Gasteiger partial charge in [-0.05, 0) is 61.9 Å². The summed E-state index contributed by atoms with van der Waals surface area (Å²) in [5.41, 5.74) is 3.66. The van der Waals surface area contributed by atoms with Crippen LogP contribution >= 0.6 is 0 Å². The fraction of sp³-hybridized carbons (Fsp3) is 0.500. The third kappa shape index (κ3) is 4.24. The van der Waals surface area contributed by atoms with E-state index in [1.807, 2.05) is 18.3 Å². The van der Waals surface area contributed by atoms with Crippen LogP contribution in [0.3, 0.4) is 0 Å².